The van der Waals surface area contributed by atoms with Crippen molar-refractivity contribution < 1.29 is 8.42 Å². The number of imidazole rings is 1. The summed E-state index contributed by atoms with van der Waals surface area (Å²) in [6, 6.07) is 21.8. The smallest absolute Gasteiger partial charge is 0.261 e. The molecule has 4 rings (SSSR count). The van der Waals surface area contributed by atoms with Crippen molar-refractivity contribution in [2.75, 3.05) is 4.72 Å². The second kappa shape index (κ2) is 6.31. The molecule has 0 fully saturated rings. The Morgan fingerprint density at radius 3 is 2.31 bits per heavy atom. The normalized spacial score (nSPS) is 11.6. The minimum Gasteiger partial charge on any atom is -0.299 e. The number of sulfonamides is 1. The molecule has 5 nitrogen and oxygen atoms in total. The topological polar surface area (TPSA) is 64.0 Å². The zero-order valence-electron chi connectivity index (χ0n) is 14.1. The van der Waals surface area contributed by atoms with Gasteiger partial charge in [0.2, 0.25) is 0 Å². The molecule has 1 heterocycles. The standard InChI is InChI=1S/C20H17N3O2S/c1-15-6-12-18(13-7-15)26(24,25)22-16-8-10-17(11-9-16)23-14-21-19-4-2-3-5-20(19)23/h2-14,22H,1H3. The lowest BCUT2D eigenvalue weighted by atomic mass is 10.2. The molecule has 0 aliphatic rings. The second-order valence-electron chi connectivity index (χ2n) is 6.07. The summed E-state index contributed by atoms with van der Waals surface area (Å²) in [5, 5.41) is 0. The summed E-state index contributed by atoms with van der Waals surface area (Å²) < 4.78 is 29.5. The lowest BCUT2D eigenvalue weighted by Gasteiger charge is -2.10. The number of aryl methyl sites for hydroxylation is 1. The third-order valence-corrected chi connectivity index (χ3v) is 5.58. The molecule has 0 unspecified atom stereocenters. The molecule has 0 atom stereocenters. The molecular formula is C20H17N3O2S. The van der Waals surface area contributed by atoms with E-state index in [0.29, 0.717) is 5.69 Å². The summed E-state index contributed by atoms with van der Waals surface area (Å²) in [6.45, 7) is 1.92. The van der Waals surface area contributed by atoms with Crippen LogP contribution in [0.1, 0.15) is 5.56 Å². The van der Waals surface area contributed by atoms with E-state index in [-0.39, 0.29) is 4.90 Å². The van der Waals surface area contributed by atoms with E-state index in [9.17, 15) is 8.42 Å². The Morgan fingerprint density at radius 2 is 1.58 bits per heavy atom. The molecule has 4 aromatic rings. The number of rotatable bonds is 4. The maximum Gasteiger partial charge on any atom is 0.261 e. The molecule has 26 heavy (non-hydrogen) atoms. The quantitative estimate of drug-likeness (QED) is 0.593. The molecule has 1 N–H and O–H groups in total. The average Bonchev–Trinajstić information content (AvgIpc) is 3.07. The van der Waals surface area contributed by atoms with E-state index in [0.717, 1.165) is 22.3 Å². The predicted octanol–water partition coefficient (Wildman–Crippen LogP) is 4.13. The average molecular weight is 363 g/mol. The predicted molar refractivity (Wildman–Crippen MR) is 103 cm³/mol. The molecule has 0 aliphatic heterocycles. The molecule has 0 aliphatic carbocycles. The van der Waals surface area contributed by atoms with Gasteiger partial charge in [0.1, 0.15) is 6.33 Å². The Labute approximate surface area is 152 Å². The van der Waals surface area contributed by atoms with E-state index in [2.05, 4.69) is 9.71 Å². The SMILES string of the molecule is Cc1ccc(S(=O)(=O)Nc2ccc(-n3cnc4ccccc43)cc2)cc1. The van der Waals surface area contributed by atoms with Crippen LogP contribution in [0.15, 0.2) is 84.0 Å². The lowest BCUT2D eigenvalue weighted by Crippen LogP contribution is -2.12. The summed E-state index contributed by atoms with van der Waals surface area (Å²) >= 11 is 0. The first kappa shape index (κ1) is 16.4. The summed E-state index contributed by atoms with van der Waals surface area (Å²) in [5.41, 5.74) is 4.36. The third kappa shape index (κ3) is 3.07. The van der Waals surface area contributed by atoms with E-state index < -0.39 is 10.0 Å². The van der Waals surface area contributed by atoms with Crippen molar-refractivity contribution in [3.05, 3.63) is 84.7 Å². The highest BCUT2D eigenvalue weighted by molar-refractivity contribution is 7.92. The fourth-order valence-electron chi connectivity index (χ4n) is 2.79. The molecule has 0 bridgehead atoms. The van der Waals surface area contributed by atoms with Crippen molar-refractivity contribution >= 4 is 26.7 Å². The fraction of sp³-hybridized carbons (Fsp3) is 0.0500. The van der Waals surface area contributed by atoms with Gasteiger partial charge in [-0.15, -0.1) is 0 Å². The monoisotopic (exact) mass is 363 g/mol. The van der Waals surface area contributed by atoms with Gasteiger partial charge >= 0.3 is 0 Å². The molecule has 1 aromatic heterocycles. The van der Waals surface area contributed by atoms with Gasteiger partial charge in [0, 0.05) is 11.4 Å². The number of anilines is 1. The first-order valence-corrected chi connectivity index (χ1v) is 9.63. The number of aromatic nitrogens is 2. The van der Waals surface area contributed by atoms with Crippen LogP contribution in [0.2, 0.25) is 0 Å². The van der Waals surface area contributed by atoms with Gasteiger partial charge in [-0.1, -0.05) is 29.8 Å². The van der Waals surface area contributed by atoms with Crippen molar-refractivity contribution in [3.8, 4) is 5.69 Å². The Kier molecular flexibility index (Phi) is 3.97. The van der Waals surface area contributed by atoms with Crippen LogP contribution < -0.4 is 4.72 Å². The molecule has 3 aromatic carbocycles. The second-order valence-corrected chi connectivity index (χ2v) is 7.75. The number of para-hydroxylation sites is 2. The van der Waals surface area contributed by atoms with Gasteiger partial charge in [0.15, 0.2) is 0 Å². The van der Waals surface area contributed by atoms with Crippen LogP contribution in [0, 0.1) is 6.92 Å². The zero-order chi connectivity index (χ0) is 18.1. The van der Waals surface area contributed by atoms with Gasteiger partial charge in [0.25, 0.3) is 10.0 Å². The summed E-state index contributed by atoms with van der Waals surface area (Å²) in [6.07, 6.45) is 1.76. The van der Waals surface area contributed by atoms with Crippen LogP contribution >= 0.6 is 0 Å². The minimum absolute atomic E-state index is 0.243. The Morgan fingerprint density at radius 1 is 0.885 bits per heavy atom. The summed E-state index contributed by atoms with van der Waals surface area (Å²) in [7, 11) is -3.60. The molecular weight excluding hydrogens is 346 g/mol. The molecule has 0 radical (unpaired) electrons. The molecule has 130 valence electrons. The number of fused-ring (bicyclic) bond motifs is 1. The van der Waals surface area contributed by atoms with Gasteiger partial charge in [0.05, 0.1) is 15.9 Å². The van der Waals surface area contributed by atoms with Crippen molar-refractivity contribution in [1.82, 2.24) is 9.55 Å². The van der Waals surface area contributed by atoms with Gasteiger partial charge in [-0.3, -0.25) is 9.29 Å². The van der Waals surface area contributed by atoms with Crippen LogP contribution in [0.4, 0.5) is 5.69 Å². The van der Waals surface area contributed by atoms with Crippen LogP contribution in [-0.4, -0.2) is 18.0 Å². The lowest BCUT2D eigenvalue weighted by molar-refractivity contribution is 0.601. The summed E-state index contributed by atoms with van der Waals surface area (Å²) in [5.74, 6) is 0. The van der Waals surface area contributed by atoms with Gasteiger partial charge < -0.3 is 0 Å². The molecule has 0 saturated carbocycles. The van der Waals surface area contributed by atoms with E-state index >= 15 is 0 Å². The molecule has 0 spiro atoms. The number of hydrogen-bond acceptors (Lipinski definition) is 3. The van der Waals surface area contributed by atoms with Gasteiger partial charge in [-0.2, -0.15) is 0 Å². The largest absolute Gasteiger partial charge is 0.299 e. The number of benzene rings is 3. The summed E-state index contributed by atoms with van der Waals surface area (Å²) in [4.78, 5) is 4.62. The van der Waals surface area contributed by atoms with Crippen LogP contribution in [0.25, 0.3) is 16.7 Å². The highest BCUT2D eigenvalue weighted by Crippen LogP contribution is 2.21. The zero-order valence-corrected chi connectivity index (χ0v) is 14.9. The van der Waals surface area contributed by atoms with Gasteiger partial charge in [-0.25, -0.2) is 13.4 Å². The molecule has 0 saturated heterocycles. The maximum absolute atomic E-state index is 12.5. The van der Waals surface area contributed by atoms with Crippen molar-refractivity contribution in [1.29, 1.82) is 0 Å². The van der Waals surface area contributed by atoms with Crippen LogP contribution in [-0.2, 0) is 10.0 Å². The highest BCUT2D eigenvalue weighted by atomic mass is 32.2. The Balaban J connectivity index is 1.61. The first-order chi connectivity index (χ1) is 12.5. The van der Waals surface area contributed by atoms with E-state index in [1.165, 1.54) is 0 Å². The Bertz CT molecular complexity index is 1160. The van der Waals surface area contributed by atoms with E-state index in [1.54, 1.807) is 42.7 Å². The van der Waals surface area contributed by atoms with Crippen molar-refractivity contribution in [2.24, 2.45) is 0 Å². The minimum atomic E-state index is -3.60. The van der Waals surface area contributed by atoms with E-state index in [4.69, 9.17) is 0 Å². The number of nitrogens with zero attached hydrogens (tertiary/aromatic N) is 2. The van der Waals surface area contributed by atoms with Crippen molar-refractivity contribution in [3.63, 3.8) is 0 Å². The fourth-order valence-corrected chi connectivity index (χ4v) is 3.85. The third-order valence-electron chi connectivity index (χ3n) is 4.18. The molecule has 6 heteroatoms. The number of hydrogen-bond donors (Lipinski definition) is 1. The van der Waals surface area contributed by atoms with Gasteiger partial charge in [-0.05, 0) is 55.5 Å². The van der Waals surface area contributed by atoms with Crippen LogP contribution in [0.5, 0.6) is 0 Å². The van der Waals surface area contributed by atoms with E-state index in [1.807, 2.05) is 47.9 Å². The highest BCUT2D eigenvalue weighted by Gasteiger charge is 2.14. The number of nitrogens with one attached hydrogen (secondary N) is 1. The maximum atomic E-state index is 12.5. The Hall–Kier alpha value is -3.12. The van der Waals surface area contributed by atoms with Crippen molar-refractivity contribution in [2.45, 2.75) is 11.8 Å². The first-order valence-electron chi connectivity index (χ1n) is 8.15. The molecule has 0 amide bonds. The van der Waals surface area contributed by atoms with Crippen LogP contribution in [0.3, 0.4) is 0 Å².